The summed E-state index contributed by atoms with van der Waals surface area (Å²) in [5, 5.41) is 3.24. The molecule has 0 amide bonds. The predicted molar refractivity (Wildman–Crippen MR) is 47.1 cm³/mol. The summed E-state index contributed by atoms with van der Waals surface area (Å²) in [6.45, 7) is 4.90. The molecule has 11 heavy (non-hydrogen) atoms. The monoisotopic (exact) mass is 171 g/mol. The van der Waals surface area contributed by atoms with Crippen LogP contribution in [0.3, 0.4) is 0 Å². The summed E-state index contributed by atoms with van der Waals surface area (Å²) in [6, 6.07) is 0. The van der Waals surface area contributed by atoms with Gasteiger partial charge in [0.15, 0.2) is 0 Å². The number of aryl methyl sites for hydroxylation is 1. The molecular formula is C8H13NOS. The van der Waals surface area contributed by atoms with Gasteiger partial charge in [-0.25, -0.2) is 4.98 Å². The molecular weight excluding hydrogens is 158 g/mol. The molecule has 0 aliphatic heterocycles. The highest BCUT2D eigenvalue weighted by molar-refractivity contribution is 7.09. The predicted octanol–water partition coefficient (Wildman–Crippen LogP) is 2.20. The highest BCUT2D eigenvalue weighted by Gasteiger charge is 2.07. The quantitative estimate of drug-likeness (QED) is 0.695. The fraction of sp³-hybridized carbons (Fsp3) is 0.625. The van der Waals surface area contributed by atoms with Crippen LogP contribution in [0.4, 0.5) is 0 Å². The van der Waals surface area contributed by atoms with Crippen molar-refractivity contribution in [3.05, 3.63) is 16.1 Å². The average molecular weight is 171 g/mol. The summed E-state index contributed by atoms with van der Waals surface area (Å²) < 4.78 is 5.03. The van der Waals surface area contributed by atoms with Gasteiger partial charge in [-0.05, 0) is 6.92 Å². The van der Waals surface area contributed by atoms with Crippen LogP contribution in [-0.4, -0.2) is 18.7 Å². The number of ether oxygens (including phenoxy) is 1. The van der Waals surface area contributed by atoms with E-state index < -0.39 is 0 Å². The molecule has 3 heteroatoms. The zero-order valence-electron chi connectivity index (χ0n) is 7.13. The van der Waals surface area contributed by atoms with E-state index in [1.165, 1.54) is 5.01 Å². The number of nitrogens with zero attached hydrogens (tertiary/aromatic N) is 1. The first-order chi connectivity index (χ1) is 5.24. The van der Waals surface area contributed by atoms with Crippen molar-refractivity contribution in [2.45, 2.75) is 19.8 Å². The number of aromatic nitrogens is 1. The number of thiazole rings is 1. The summed E-state index contributed by atoms with van der Waals surface area (Å²) >= 11 is 1.71. The van der Waals surface area contributed by atoms with Crippen LogP contribution in [0.2, 0.25) is 0 Å². The van der Waals surface area contributed by atoms with E-state index in [0.29, 0.717) is 5.92 Å². The van der Waals surface area contributed by atoms with Crippen LogP contribution in [0.15, 0.2) is 5.38 Å². The highest BCUT2D eigenvalue weighted by atomic mass is 32.1. The second kappa shape index (κ2) is 3.83. The molecule has 0 aliphatic rings. The van der Waals surface area contributed by atoms with Crippen molar-refractivity contribution in [2.24, 2.45) is 0 Å². The number of rotatable bonds is 3. The second-order valence-electron chi connectivity index (χ2n) is 2.68. The van der Waals surface area contributed by atoms with Gasteiger partial charge in [-0.3, -0.25) is 0 Å². The smallest absolute Gasteiger partial charge is 0.0979 e. The van der Waals surface area contributed by atoms with E-state index in [1.54, 1.807) is 18.4 Å². The average Bonchev–Trinajstić information content (AvgIpc) is 2.36. The van der Waals surface area contributed by atoms with Gasteiger partial charge in [0.25, 0.3) is 0 Å². The maximum atomic E-state index is 5.03. The minimum atomic E-state index is 0.429. The van der Waals surface area contributed by atoms with E-state index in [4.69, 9.17) is 4.74 Å². The highest BCUT2D eigenvalue weighted by Crippen LogP contribution is 2.19. The summed E-state index contributed by atoms with van der Waals surface area (Å²) in [4.78, 5) is 4.37. The summed E-state index contributed by atoms with van der Waals surface area (Å²) in [6.07, 6.45) is 0. The van der Waals surface area contributed by atoms with Gasteiger partial charge in [0.2, 0.25) is 0 Å². The Bertz CT molecular complexity index is 222. The van der Waals surface area contributed by atoms with Crippen LogP contribution in [0, 0.1) is 6.92 Å². The molecule has 62 valence electrons. The van der Waals surface area contributed by atoms with Crippen LogP contribution in [0.5, 0.6) is 0 Å². The molecule has 0 bridgehead atoms. The summed E-state index contributed by atoms with van der Waals surface area (Å²) in [5.41, 5.74) is 1.10. The van der Waals surface area contributed by atoms with Crippen LogP contribution in [0.25, 0.3) is 0 Å². The molecule has 0 fully saturated rings. The molecule has 0 aromatic carbocycles. The Morgan fingerprint density at radius 1 is 1.73 bits per heavy atom. The Morgan fingerprint density at radius 2 is 2.45 bits per heavy atom. The lowest BCUT2D eigenvalue weighted by molar-refractivity contribution is 0.184. The number of hydrogen-bond donors (Lipinski definition) is 0. The van der Waals surface area contributed by atoms with Crippen molar-refractivity contribution in [1.82, 2.24) is 4.98 Å². The third kappa shape index (κ3) is 2.27. The molecule has 1 unspecified atom stereocenters. The molecule has 1 aromatic rings. The maximum absolute atomic E-state index is 5.03. The van der Waals surface area contributed by atoms with E-state index >= 15 is 0 Å². The van der Waals surface area contributed by atoms with Crippen molar-refractivity contribution in [2.75, 3.05) is 13.7 Å². The molecule has 0 saturated heterocycles. The molecule has 0 spiro atoms. The second-order valence-corrected chi connectivity index (χ2v) is 3.57. The standard InChI is InChI=1S/C8H13NOS/c1-6(4-10-3)8-9-7(2)5-11-8/h5-6H,4H2,1-3H3. The zero-order chi connectivity index (χ0) is 8.27. The lowest BCUT2D eigenvalue weighted by Crippen LogP contribution is -2.00. The molecule has 1 aromatic heterocycles. The summed E-state index contributed by atoms with van der Waals surface area (Å²) in [5.74, 6) is 0.429. The Morgan fingerprint density at radius 3 is 2.91 bits per heavy atom. The fourth-order valence-corrected chi connectivity index (χ4v) is 1.76. The fourth-order valence-electron chi connectivity index (χ4n) is 0.920. The van der Waals surface area contributed by atoms with Crippen molar-refractivity contribution < 1.29 is 4.74 Å². The van der Waals surface area contributed by atoms with Gasteiger partial charge >= 0.3 is 0 Å². The lowest BCUT2D eigenvalue weighted by atomic mass is 10.2. The molecule has 0 N–H and O–H groups in total. The summed E-state index contributed by atoms with van der Waals surface area (Å²) in [7, 11) is 1.72. The number of methoxy groups -OCH3 is 1. The van der Waals surface area contributed by atoms with Gasteiger partial charge in [0.05, 0.1) is 11.6 Å². The van der Waals surface area contributed by atoms with Crippen molar-refractivity contribution in [3.63, 3.8) is 0 Å². The van der Waals surface area contributed by atoms with Gasteiger partial charge in [-0.15, -0.1) is 11.3 Å². The molecule has 0 radical (unpaired) electrons. The van der Waals surface area contributed by atoms with E-state index in [1.807, 2.05) is 6.92 Å². The molecule has 0 aliphatic carbocycles. The van der Waals surface area contributed by atoms with Crippen molar-refractivity contribution in [3.8, 4) is 0 Å². The molecule has 2 nitrogen and oxygen atoms in total. The molecule has 1 rings (SSSR count). The van der Waals surface area contributed by atoms with E-state index in [2.05, 4.69) is 17.3 Å². The maximum Gasteiger partial charge on any atom is 0.0979 e. The first kappa shape index (κ1) is 8.68. The Balaban J connectivity index is 2.60. The van der Waals surface area contributed by atoms with Gasteiger partial charge < -0.3 is 4.74 Å². The minimum absolute atomic E-state index is 0.429. The van der Waals surface area contributed by atoms with E-state index in [-0.39, 0.29) is 0 Å². The normalized spacial score (nSPS) is 13.4. The van der Waals surface area contributed by atoms with Crippen molar-refractivity contribution in [1.29, 1.82) is 0 Å². The number of hydrogen-bond acceptors (Lipinski definition) is 3. The third-order valence-corrected chi connectivity index (χ3v) is 2.67. The van der Waals surface area contributed by atoms with Gasteiger partial charge in [-0.2, -0.15) is 0 Å². The molecule has 1 heterocycles. The van der Waals surface area contributed by atoms with E-state index in [0.717, 1.165) is 12.3 Å². The Kier molecular flexibility index (Phi) is 3.02. The minimum Gasteiger partial charge on any atom is -0.384 e. The SMILES string of the molecule is COCC(C)c1nc(C)cs1. The largest absolute Gasteiger partial charge is 0.384 e. The topological polar surface area (TPSA) is 22.1 Å². The first-order valence-electron chi connectivity index (χ1n) is 3.65. The first-order valence-corrected chi connectivity index (χ1v) is 4.53. The zero-order valence-corrected chi connectivity index (χ0v) is 7.94. The molecule has 0 saturated carbocycles. The van der Waals surface area contributed by atoms with Gasteiger partial charge in [0, 0.05) is 24.1 Å². The van der Waals surface area contributed by atoms with Crippen LogP contribution in [-0.2, 0) is 4.74 Å². The Hall–Kier alpha value is -0.410. The Labute approximate surface area is 71.2 Å². The third-order valence-electron chi connectivity index (χ3n) is 1.48. The van der Waals surface area contributed by atoms with Crippen molar-refractivity contribution >= 4 is 11.3 Å². The lowest BCUT2D eigenvalue weighted by Gasteiger charge is -2.04. The van der Waals surface area contributed by atoms with Gasteiger partial charge in [-0.1, -0.05) is 6.92 Å². The van der Waals surface area contributed by atoms with Crippen LogP contribution < -0.4 is 0 Å². The molecule has 1 atom stereocenters. The van der Waals surface area contributed by atoms with E-state index in [9.17, 15) is 0 Å². The van der Waals surface area contributed by atoms with Crippen LogP contribution >= 0.6 is 11.3 Å². The van der Waals surface area contributed by atoms with Gasteiger partial charge in [0.1, 0.15) is 0 Å². The van der Waals surface area contributed by atoms with Crippen LogP contribution in [0.1, 0.15) is 23.5 Å².